The molecule has 0 spiro atoms. The summed E-state index contributed by atoms with van der Waals surface area (Å²) in [7, 11) is 1.85. The van der Waals surface area contributed by atoms with Gasteiger partial charge in [-0.3, -0.25) is 9.59 Å². The fraction of sp³-hybridized carbons (Fsp3) is 0.889. The van der Waals surface area contributed by atoms with Crippen molar-refractivity contribution in [1.82, 2.24) is 4.90 Å². The molecule has 4 nitrogen and oxygen atoms in total. The lowest BCUT2D eigenvalue weighted by atomic mass is 9.44. The number of allylic oxidation sites excluding steroid dienone is 1. The number of amides is 1. The van der Waals surface area contributed by atoms with E-state index in [1.54, 1.807) is 4.90 Å². The number of fused-ring (bicyclic) bond motifs is 5. The predicted molar refractivity (Wildman–Crippen MR) is 165 cm³/mol. The molecule has 0 heterocycles. The molecule has 40 heavy (non-hydrogen) atoms. The molecule has 1 amide bonds. The average molecular weight is 556 g/mol. The molecule has 0 aliphatic heterocycles. The van der Waals surface area contributed by atoms with Gasteiger partial charge in [-0.05, 0) is 104 Å². The quantitative estimate of drug-likeness (QED) is 0.219. The van der Waals surface area contributed by atoms with Crippen LogP contribution in [0, 0.1) is 40.4 Å². The molecule has 0 bridgehead atoms. The van der Waals surface area contributed by atoms with E-state index >= 15 is 0 Å². The third-order valence-corrected chi connectivity index (χ3v) is 12.7. The number of carbonyl (C=O) groups excluding carboxylic acids is 2. The zero-order valence-electron chi connectivity index (χ0n) is 26.7. The second-order valence-electron chi connectivity index (χ2n) is 15.1. The second-order valence-corrected chi connectivity index (χ2v) is 15.1. The number of hydrogen-bond acceptors (Lipinski definition) is 3. The number of nitrogens with zero attached hydrogens (tertiary/aromatic N) is 1. The number of rotatable bonds is 14. The van der Waals surface area contributed by atoms with Crippen LogP contribution in [0.1, 0.15) is 143 Å². The van der Waals surface area contributed by atoms with Gasteiger partial charge in [0.2, 0.25) is 5.91 Å². The maximum Gasteiger partial charge on any atom is 0.224 e. The average Bonchev–Trinajstić information content (AvgIpc) is 3.23. The molecule has 3 fully saturated rings. The minimum atomic E-state index is -0.498. The van der Waals surface area contributed by atoms with Crippen molar-refractivity contribution in [2.75, 3.05) is 13.6 Å². The third-order valence-electron chi connectivity index (χ3n) is 12.7. The Morgan fingerprint density at radius 3 is 2.50 bits per heavy atom. The summed E-state index contributed by atoms with van der Waals surface area (Å²) in [6, 6.07) is 0. The van der Waals surface area contributed by atoms with Crippen molar-refractivity contribution in [2.24, 2.45) is 40.4 Å². The minimum Gasteiger partial charge on any atom is -0.393 e. The molecule has 0 saturated heterocycles. The minimum absolute atomic E-state index is 0.0740. The fourth-order valence-electron chi connectivity index (χ4n) is 9.73. The van der Waals surface area contributed by atoms with Crippen LogP contribution < -0.4 is 0 Å². The molecule has 1 N–H and O–H groups in total. The lowest BCUT2D eigenvalue weighted by Crippen LogP contribution is -2.53. The maximum atomic E-state index is 12.4. The van der Waals surface area contributed by atoms with E-state index in [9.17, 15) is 14.7 Å². The lowest BCUT2D eigenvalue weighted by Gasteiger charge is -2.60. The van der Waals surface area contributed by atoms with Gasteiger partial charge in [0.25, 0.3) is 0 Å². The van der Waals surface area contributed by atoms with Gasteiger partial charge in [-0.2, -0.15) is 0 Å². The van der Waals surface area contributed by atoms with Gasteiger partial charge in [0.1, 0.15) is 0 Å². The van der Waals surface area contributed by atoms with Crippen molar-refractivity contribution in [3.63, 3.8) is 0 Å². The Morgan fingerprint density at radius 2 is 1.75 bits per heavy atom. The SMILES string of the molecule is CCCCN(C)C(=O)CC(O)CCCCCCCC[C@@H]1CC2=CC(=O)CC[C@]2(C)[C@H]2CC[C@]3(C)[C@H](C)CC[C@H]3[C@H]12. The first-order chi connectivity index (χ1) is 19.1. The molecule has 0 aromatic heterocycles. The topological polar surface area (TPSA) is 57.6 Å². The molecular weight excluding hydrogens is 494 g/mol. The lowest BCUT2D eigenvalue weighted by molar-refractivity contribution is -0.132. The van der Waals surface area contributed by atoms with Crippen LogP contribution in [-0.2, 0) is 9.59 Å². The summed E-state index contributed by atoms with van der Waals surface area (Å²) in [5.74, 6) is 4.57. The molecule has 228 valence electrons. The van der Waals surface area contributed by atoms with Crippen LogP contribution in [0.2, 0.25) is 0 Å². The van der Waals surface area contributed by atoms with Gasteiger partial charge in [0.15, 0.2) is 5.78 Å². The van der Waals surface area contributed by atoms with Crippen molar-refractivity contribution < 1.29 is 14.7 Å². The van der Waals surface area contributed by atoms with Crippen molar-refractivity contribution >= 4 is 11.7 Å². The summed E-state index contributed by atoms with van der Waals surface area (Å²) in [6.07, 6.45) is 21.9. The van der Waals surface area contributed by atoms with E-state index in [-0.39, 0.29) is 17.7 Å². The van der Waals surface area contributed by atoms with Gasteiger partial charge < -0.3 is 10.0 Å². The Morgan fingerprint density at radius 1 is 1.02 bits per heavy atom. The summed E-state index contributed by atoms with van der Waals surface area (Å²) in [6.45, 7) is 10.6. The van der Waals surface area contributed by atoms with Crippen molar-refractivity contribution in [1.29, 1.82) is 0 Å². The van der Waals surface area contributed by atoms with E-state index in [0.29, 0.717) is 11.2 Å². The smallest absolute Gasteiger partial charge is 0.224 e. The fourth-order valence-corrected chi connectivity index (χ4v) is 9.73. The first-order valence-electron chi connectivity index (χ1n) is 17.3. The Hall–Kier alpha value is -1.16. The largest absolute Gasteiger partial charge is 0.393 e. The molecule has 4 aliphatic rings. The standard InChI is InChI=1S/C36H61NO3/c1-6-7-22-37(5)33(40)25-29(38)15-13-11-9-8-10-12-14-27-23-28-24-30(39)18-20-36(28,4)32-19-21-35(3)26(2)16-17-31(35)34(27)32/h24,26-27,29,31-32,34,38H,6-23,25H2,1-5H3/t26-,27-,29?,31+,32+,34+,35-,36+/m1/s1. The molecule has 4 heteroatoms. The van der Waals surface area contributed by atoms with Crippen LogP contribution in [0.25, 0.3) is 0 Å². The molecule has 3 saturated carbocycles. The zero-order chi connectivity index (χ0) is 28.9. The van der Waals surface area contributed by atoms with Crippen LogP contribution in [0.3, 0.4) is 0 Å². The van der Waals surface area contributed by atoms with Crippen molar-refractivity contribution in [3.05, 3.63) is 11.6 Å². The van der Waals surface area contributed by atoms with Gasteiger partial charge in [0, 0.05) is 20.0 Å². The van der Waals surface area contributed by atoms with Gasteiger partial charge in [-0.25, -0.2) is 0 Å². The van der Waals surface area contributed by atoms with Crippen LogP contribution in [0.15, 0.2) is 11.6 Å². The second kappa shape index (κ2) is 13.9. The van der Waals surface area contributed by atoms with Gasteiger partial charge >= 0.3 is 0 Å². The number of aliphatic hydroxyl groups excluding tert-OH is 1. The first kappa shape index (κ1) is 31.8. The van der Waals surface area contributed by atoms with E-state index in [2.05, 4.69) is 33.8 Å². The molecule has 0 radical (unpaired) electrons. The maximum absolute atomic E-state index is 12.4. The highest BCUT2D eigenvalue weighted by Crippen LogP contribution is 2.68. The summed E-state index contributed by atoms with van der Waals surface area (Å²) < 4.78 is 0. The van der Waals surface area contributed by atoms with Crippen LogP contribution in [-0.4, -0.2) is 41.4 Å². The molecule has 0 aromatic rings. The highest BCUT2D eigenvalue weighted by atomic mass is 16.3. The number of carbonyl (C=O) groups is 2. The summed E-state index contributed by atoms with van der Waals surface area (Å²) in [5, 5.41) is 10.3. The summed E-state index contributed by atoms with van der Waals surface area (Å²) in [5.41, 5.74) is 2.31. The predicted octanol–water partition coefficient (Wildman–Crippen LogP) is 8.51. The Balaban J connectivity index is 1.22. The zero-order valence-corrected chi connectivity index (χ0v) is 26.7. The molecule has 4 aliphatic carbocycles. The van der Waals surface area contributed by atoms with Crippen molar-refractivity contribution in [2.45, 2.75) is 149 Å². The monoisotopic (exact) mass is 555 g/mol. The van der Waals surface area contributed by atoms with Gasteiger partial charge in [-0.1, -0.05) is 78.2 Å². The first-order valence-corrected chi connectivity index (χ1v) is 17.3. The van der Waals surface area contributed by atoms with E-state index in [1.165, 1.54) is 69.8 Å². The van der Waals surface area contributed by atoms with Gasteiger partial charge in [-0.15, -0.1) is 0 Å². The summed E-state index contributed by atoms with van der Waals surface area (Å²) >= 11 is 0. The van der Waals surface area contributed by atoms with E-state index in [0.717, 1.165) is 81.1 Å². The van der Waals surface area contributed by atoms with Crippen LogP contribution in [0.4, 0.5) is 0 Å². The number of unbranched alkanes of at least 4 members (excludes halogenated alkanes) is 6. The summed E-state index contributed by atoms with van der Waals surface area (Å²) in [4.78, 5) is 26.4. The Kier molecular flexibility index (Phi) is 11.0. The van der Waals surface area contributed by atoms with E-state index in [1.807, 2.05) is 7.05 Å². The number of ketones is 1. The van der Waals surface area contributed by atoms with E-state index in [4.69, 9.17) is 0 Å². The van der Waals surface area contributed by atoms with Crippen molar-refractivity contribution in [3.8, 4) is 0 Å². The molecule has 0 aromatic carbocycles. The van der Waals surface area contributed by atoms with E-state index < -0.39 is 6.10 Å². The highest BCUT2D eigenvalue weighted by molar-refractivity contribution is 5.91. The molecular formula is C36H61NO3. The van der Waals surface area contributed by atoms with Crippen LogP contribution in [0.5, 0.6) is 0 Å². The van der Waals surface area contributed by atoms with Crippen LogP contribution >= 0.6 is 0 Å². The molecule has 8 atom stereocenters. The third kappa shape index (κ3) is 6.90. The normalized spacial score (nSPS) is 35.9. The highest BCUT2D eigenvalue weighted by Gasteiger charge is 2.60. The number of hydrogen-bond donors (Lipinski definition) is 1. The Labute approximate surface area is 246 Å². The number of aliphatic hydroxyl groups is 1. The Bertz CT molecular complexity index is 896. The molecule has 1 unspecified atom stereocenters. The van der Waals surface area contributed by atoms with Gasteiger partial charge in [0.05, 0.1) is 12.5 Å². The molecule has 4 rings (SSSR count).